The number of carbonyl (C=O) groups excluding carboxylic acids is 2. The van der Waals surface area contributed by atoms with Crippen molar-refractivity contribution in [2.75, 3.05) is 13.2 Å². The monoisotopic (exact) mass is 388 g/mol. The summed E-state index contributed by atoms with van der Waals surface area (Å²) in [5.41, 5.74) is 3.78. The van der Waals surface area contributed by atoms with Crippen LogP contribution in [0.25, 0.3) is 5.57 Å². The molecular formula is C24H36O4. The number of hydrogen-bond donors (Lipinski definition) is 0. The van der Waals surface area contributed by atoms with E-state index < -0.39 is 0 Å². The van der Waals surface area contributed by atoms with Crippen LogP contribution in [0.1, 0.15) is 93.3 Å². The molecule has 28 heavy (non-hydrogen) atoms. The Kier molecular flexibility index (Phi) is 11.2. The van der Waals surface area contributed by atoms with Gasteiger partial charge >= 0.3 is 11.9 Å². The normalized spacial score (nSPS) is 10.6. The molecule has 0 N–H and O–H groups in total. The van der Waals surface area contributed by atoms with Crippen molar-refractivity contribution in [1.82, 2.24) is 0 Å². The third-order valence-corrected chi connectivity index (χ3v) is 4.74. The highest BCUT2D eigenvalue weighted by Crippen LogP contribution is 2.29. The molecule has 0 amide bonds. The van der Waals surface area contributed by atoms with E-state index in [4.69, 9.17) is 9.47 Å². The highest BCUT2D eigenvalue weighted by Gasteiger charge is 2.21. The Morgan fingerprint density at radius 1 is 0.821 bits per heavy atom. The van der Waals surface area contributed by atoms with Gasteiger partial charge in [-0.3, -0.25) is 0 Å². The number of esters is 2. The van der Waals surface area contributed by atoms with Crippen molar-refractivity contribution in [3.63, 3.8) is 0 Å². The summed E-state index contributed by atoms with van der Waals surface area (Å²) in [5.74, 6) is -0.704. The summed E-state index contributed by atoms with van der Waals surface area (Å²) in [4.78, 5) is 24.8. The maximum atomic E-state index is 12.4. The Labute approximate surface area is 170 Å². The van der Waals surface area contributed by atoms with E-state index in [1.54, 1.807) is 13.8 Å². The van der Waals surface area contributed by atoms with Gasteiger partial charge in [0.15, 0.2) is 0 Å². The molecule has 0 saturated carbocycles. The van der Waals surface area contributed by atoms with Crippen LogP contribution < -0.4 is 0 Å². The molecule has 1 aromatic rings. The van der Waals surface area contributed by atoms with Crippen molar-refractivity contribution >= 4 is 17.5 Å². The van der Waals surface area contributed by atoms with Gasteiger partial charge in [0, 0.05) is 0 Å². The number of aryl methyl sites for hydroxylation is 2. The summed E-state index contributed by atoms with van der Waals surface area (Å²) < 4.78 is 10.4. The van der Waals surface area contributed by atoms with Gasteiger partial charge in [-0.15, -0.1) is 0 Å². The average Bonchev–Trinajstić information content (AvgIpc) is 2.68. The Morgan fingerprint density at radius 3 is 1.75 bits per heavy atom. The smallest absolute Gasteiger partial charge is 0.338 e. The molecule has 1 aromatic carbocycles. The van der Waals surface area contributed by atoms with Gasteiger partial charge in [0.2, 0.25) is 0 Å². The van der Waals surface area contributed by atoms with E-state index in [1.165, 1.54) is 0 Å². The van der Waals surface area contributed by atoms with Crippen LogP contribution in [0, 0.1) is 0 Å². The summed E-state index contributed by atoms with van der Waals surface area (Å²) in [5, 5.41) is 0. The molecule has 0 bridgehead atoms. The fourth-order valence-corrected chi connectivity index (χ4v) is 3.33. The summed E-state index contributed by atoms with van der Waals surface area (Å²) in [7, 11) is 0. The molecule has 0 aromatic heterocycles. The Morgan fingerprint density at radius 2 is 1.32 bits per heavy atom. The summed E-state index contributed by atoms with van der Waals surface area (Å²) in [6.45, 7) is 12.6. The Balaban J connectivity index is 3.42. The second-order valence-corrected chi connectivity index (χ2v) is 7.00. The van der Waals surface area contributed by atoms with Crippen LogP contribution in [-0.2, 0) is 27.1 Å². The van der Waals surface area contributed by atoms with Gasteiger partial charge in [-0.25, -0.2) is 9.59 Å². The zero-order chi connectivity index (χ0) is 20.9. The highest BCUT2D eigenvalue weighted by atomic mass is 16.5. The third-order valence-electron chi connectivity index (χ3n) is 4.74. The molecule has 0 atom stereocenters. The van der Waals surface area contributed by atoms with Gasteiger partial charge in [0.05, 0.1) is 24.4 Å². The van der Waals surface area contributed by atoms with Gasteiger partial charge in [-0.1, -0.05) is 46.1 Å². The maximum Gasteiger partial charge on any atom is 0.338 e. The van der Waals surface area contributed by atoms with Gasteiger partial charge in [0.25, 0.3) is 0 Å². The van der Waals surface area contributed by atoms with Crippen molar-refractivity contribution in [2.45, 2.75) is 79.1 Å². The molecule has 4 nitrogen and oxygen atoms in total. The van der Waals surface area contributed by atoms with Crippen LogP contribution >= 0.6 is 0 Å². The SMILES string of the molecule is C=C(C(=O)OCC)c1c(CCCCC)cc(C(=O)OCC)cc1CCCCC. The molecule has 0 aliphatic carbocycles. The molecule has 0 radical (unpaired) electrons. The van der Waals surface area contributed by atoms with Crippen molar-refractivity contribution in [3.05, 3.63) is 41.0 Å². The summed E-state index contributed by atoms with van der Waals surface area (Å²) in [6, 6.07) is 3.74. The fraction of sp³-hybridized carbons (Fsp3) is 0.583. The highest BCUT2D eigenvalue weighted by molar-refractivity contribution is 6.16. The lowest BCUT2D eigenvalue weighted by atomic mass is 9.87. The van der Waals surface area contributed by atoms with Gasteiger partial charge < -0.3 is 9.47 Å². The molecule has 156 valence electrons. The van der Waals surface area contributed by atoms with Crippen molar-refractivity contribution in [2.24, 2.45) is 0 Å². The van der Waals surface area contributed by atoms with Crippen LogP contribution in [-0.4, -0.2) is 25.2 Å². The topological polar surface area (TPSA) is 52.6 Å². The molecular weight excluding hydrogens is 352 g/mol. The molecule has 0 unspecified atom stereocenters. The van der Waals surface area contributed by atoms with Gasteiger partial charge in [-0.2, -0.15) is 0 Å². The quantitative estimate of drug-likeness (QED) is 0.240. The molecule has 1 rings (SSSR count). The standard InChI is InChI=1S/C24H36O4/c1-6-10-12-14-19-16-21(24(26)28-9-4)17-20(15-13-11-7-2)22(19)18(5)23(25)27-8-3/h16-17H,5-15H2,1-4H3. The van der Waals surface area contributed by atoms with E-state index >= 15 is 0 Å². The van der Waals surface area contributed by atoms with Gasteiger partial charge in [0.1, 0.15) is 0 Å². The first-order valence-electron chi connectivity index (χ1n) is 10.7. The molecule has 0 saturated heterocycles. The minimum absolute atomic E-state index is 0.315. The van der Waals surface area contributed by atoms with Crippen LogP contribution in [0.5, 0.6) is 0 Å². The maximum absolute atomic E-state index is 12.4. The molecule has 0 aliphatic heterocycles. The molecule has 0 heterocycles. The van der Waals surface area contributed by atoms with Crippen molar-refractivity contribution in [1.29, 1.82) is 0 Å². The Hall–Kier alpha value is -2.10. The molecule has 4 heteroatoms. The zero-order valence-corrected chi connectivity index (χ0v) is 18.1. The van der Waals surface area contributed by atoms with Crippen LogP contribution in [0.2, 0.25) is 0 Å². The van der Waals surface area contributed by atoms with E-state index in [1.807, 2.05) is 12.1 Å². The minimum atomic E-state index is -0.389. The zero-order valence-electron chi connectivity index (χ0n) is 18.1. The lowest BCUT2D eigenvalue weighted by Crippen LogP contribution is -2.13. The third kappa shape index (κ3) is 7.14. The van der Waals surface area contributed by atoms with E-state index in [9.17, 15) is 9.59 Å². The molecule has 0 spiro atoms. The first-order chi connectivity index (χ1) is 13.5. The van der Waals surface area contributed by atoms with Crippen LogP contribution in [0.4, 0.5) is 0 Å². The average molecular weight is 389 g/mol. The molecule has 0 fully saturated rings. The lowest BCUT2D eigenvalue weighted by Gasteiger charge is -2.18. The predicted molar refractivity (Wildman–Crippen MR) is 115 cm³/mol. The number of rotatable bonds is 13. The fourth-order valence-electron chi connectivity index (χ4n) is 3.33. The lowest BCUT2D eigenvalue weighted by molar-refractivity contribution is -0.136. The number of unbranched alkanes of at least 4 members (excludes halogenated alkanes) is 4. The van der Waals surface area contributed by atoms with Crippen LogP contribution in [0.15, 0.2) is 18.7 Å². The van der Waals surface area contributed by atoms with E-state index in [2.05, 4.69) is 20.4 Å². The number of ether oxygens (including phenoxy) is 2. The summed E-state index contributed by atoms with van der Waals surface area (Å²) in [6.07, 6.45) is 8.01. The van der Waals surface area contributed by atoms with Crippen molar-refractivity contribution < 1.29 is 19.1 Å². The summed E-state index contributed by atoms with van der Waals surface area (Å²) >= 11 is 0. The van der Waals surface area contributed by atoms with Crippen molar-refractivity contribution in [3.8, 4) is 0 Å². The number of benzene rings is 1. The van der Waals surface area contributed by atoms with E-state index in [0.29, 0.717) is 24.4 Å². The minimum Gasteiger partial charge on any atom is -0.462 e. The molecule has 0 aliphatic rings. The van der Waals surface area contributed by atoms with E-state index in [0.717, 1.165) is 68.1 Å². The second kappa shape index (κ2) is 13.1. The first kappa shape index (κ1) is 23.9. The Bertz CT molecular complexity index is 630. The largest absolute Gasteiger partial charge is 0.462 e. The van der Waals surface area contributed by atoms with Gasteiger partial charge in [-0.05, 0) is 68.4 Å². The number of hydrogen-bond acceptors (Lipinski definition) is 4. The predicted octanol–water partition coefficient (Wildman–Crippen LogP) is 5.91. The van der Waals surface area contributed by atoms with E-state index in [-0.39, 0.29) is 11.9 Å². The second-order valence-electron chi connectivity index (χ2n) is 7.00. The first-order valence-corrected chi connectivity index (χ1v) is 10.7. The van der Waals surface area contributed by atoms with Crippen LogP contribution in [0.3, 0.4) is 0 Å². The number of carbonyl (C=O) groups is 2.